The van der Waals surface area contributed by atoms with E-state index < -0.39 is 15.8 Å². The van der Waals surface area contributed by atoms with E-state index in [1.165, 1.54) is 18.2 Å². The summed E-state index contributed by atoms with van der Waals surface area (Å²) in [6.07, 6.45) is 2.87. The zero-order valence-electron chi connectivity index (χ0n) is 17.1. The molecule has 0 aliphatic rings. The highest BCUT2D eigenvalue weighted by atomic mass is 35.5. The SMILES string of the molecule is CS(=O)(=O)c1ccc(Cl)c(C(=O)OCc2cn(-c3ccccc3)nc2-c2ccccc2)c1. The van der Waals surface area contributed by atoms with Crippen molar-refractivity contribution >= 4 is 27.4 Å². The first-order valence-corrected chi connectivity index (χ1v) is 12.0. The Morgan fingerprint density at radius 2 is 1.66 bits per heavy atom. The Morgan fingerprint density at radius 1 is 1.00 bits per heavy atom. The highest BCUT2D eigenvalue weighted by Crippen LogP contribution is 2.26. The van der Waals surface area contributed by atoms with Gasteiger partial charge in [-0.25, -0.2) is 17.9 Å². The van der Waals surface area contributed by atoms with Gasteiger partial charge in [-0.15, -0.1) is 0 Å². The normalized spacial score (nSPS) is 11.3. The van der Waals surface area contributed by atoms with E-state index in [0.29, 0.717) is 11.3 Å². The molecule has 0 aliphatic carbocycles. The third kappa shape index (κ3) is 4.74. The van der Waals surface area contributed by atoms with Gasteiger partial charge in [0.1, 0.15) is 6.61 Å². The Morgan fingerprint density at radius 3 is 2.31 bits per heavy atom. The first kappa shape index (κ1) is 21.8. The molecule has 0 fully saturated rings. The third-order valence-electron chi connectivity index (χ3n) is 4.80. The molecule has 0 radical (unpaired) electrons. The summed E-state index contributed by atoms with van der Waals surface area (Å²) < 4.78 is 30.9. The lowest BCUT2D eigenvalue weighted by atomic mass is 10.1. The molecule has 32 heavy (non-hydrogen) atoms. The minimum Gasteiger partial charge on any atom is -0.457 e. The molecule has 0 unspecified atom stereocenters. The molecule has 0 aliphatic heterocycles. The predicted octanol–water partition coefficient (Wildman–Crippen LogP) is 4.95. The number of hydrogen-bond donors (Lipinski definition) is 0. The molecule has 8 heteroatoms. The summed E-state index contributed by atoms with van der Waals surface area (Å²) in [5, 5.41) is 4.80. The van der Waals surface area contributed by atoms with E-state index in [4.69, 9.17) is 16.3 Å². The first-order valence-electron chi connectivity index (χ1n) is 9.69. The number of carbonyl (C=O) groups is 1. The number of benzene rings is 3. The van der Waals surface area contributed by atoms with Crippen LogP contribution in [0.3, 0.4) is 0 Å². The Hall–Kier alpha value is -3.42. The monoisotopic (exact) mass is 466 g/mol. The zero-order chi connectivity index (χ0) is 22.7. The van der Waals surface area contributed by atoms with Crippen LogP contribution in [0.5, 0.6) is 0 Å². The fourth-order valence-electron chi connectivity index (χ4n) is 3.18. The fraction of sp³-hybridized carbons (Fsp3) is 0.0833. The van der Waals surface area contributed by atoms with Crippen molar-refractivity contribution in [3.05, 3.63) is 101 Å². The molecule has 1 aromatic heterocycles. The summed E-state index contributed by atoms with van der Waals surface area (Å²) in [5.41, 5.74) is 3.12. The van der Waals surface area contributed by atoms with Gasteiger partial charge in [-0.1, -0.05) is 60.1 Å². The molecule has 0 bridgehead atoms. The maximum absolute atomic E-state index is 12.7. The number of hydrogen-bond acceptors (Lipinski definition) is 5. The number of sulfone groups is 1. The quantitative estimate of drug-likeness (QED) is 0.375. The van der Waals surface area contributed by atoms with Gasteiger partial charge in [0.05, 0.1) is 26.9 Å². The standard InChI is InChI=1S/C24H19ClN2O4S/c1-32(29,30)20-12-13-22(25)21(14-20)24(28)31-16-18-15-27(19-10-6-3-7-11-19)26-23(18)17-8-4-2-5-9-17/h2-15H,16H2,1H3. The lowest BCUT2D eigenvalue weighted by Gasteiger charge is -2.08. The van der Waals surface area contributed by atoms with Crippen LogP contribution in [0.2, 0.25) is 5.02 Å². The van der Waals surface area contributed by atoms with Crippen LogP contribution in [0.25, 0.3) is 16.9 Å². The summed E-state index contributed by atoms with van der Waals surface area (Å²) in [6, 6.07) is 23.1. The Kier molecular flexibility index (Phi) is 6.12. The van der Waals surface area contributed by atoms with Gasteiger partial charge in [0, 0.05) is 23.6 Å². The van der Waals surface area contributed by atoms with Gasteiger partial charge < -0.3 is 4.74 Å². The molecule has 0 saturated carbocycles. The van der Waals surface area contributed by atoms with Gasteiger partial charge in [0.2, 0.25) is 0 Å². The van der Waals surface area contributed by atoms with Crippen molar-refractivity contribution in [2.45, 2.75) is 11.5 Å². The van der Waals surface area contributed by atoms with Crippen LogP contribution in [0.15, 0.2) is 90.0 Å². The van der Waals surface area contributed by atoms with Crippen molar-refractivity contribution in [2.75, 3.05) is 6.26 Å². The molecule has 3 aromatic carbocycles. The number of nitrogens with zero attached hydrogens (tertiary/aromatic N) is 2. The van der Waals surface area contributed by atoms with Crippen LogP contribution in [0.4, 0.5) is 0 Å². The van der Waals surface area contributed by atoms with Crippen LogP contribution < -0.4 is 0 Å². The molecule has 0 amide bonds. The van der Waals surface area contributed by atoms with E-state index in [-0.39, 0.29) is 22.1 Å². The number of ether oxygens (including phenoxy) is 1. The van der Waals surface area contributed by atoms with Gasteiger partial charge in [-0.05, 0) is 30.3 Å². The minimum atomic E-state index is -3.49. The second kappa shape index (κ2) is 8.98. The molecule has 0 N–H and O–H groups in total. The Balaban J connectivity index is 1.65. The molecule has 0 spiro atoms. The lowest BCUT2D eigenvalue weighted by Crippen LogP contribution is -2.08. The van der Waals surface area contributed by atoms with Gasteiger partial charge in [-0.3, -0.25) is 0 Å². The number of para-hydroxylation sites is 1. The number of rotatable bonds is 6. The van der Waals surface area contributed by atoms with E-state index in [9.17, 15) is 13.2 Å². The van der Waals surface area contributed by atoms with Gasteiger partial charge in [0.15, 0.2) is 9.84 Å². The van der Waals surface area contributed by atoms with Crippen molar-refractivity contribution in [2.24, 2.45) is 0 Å². The van der Waals surface area contributed by atoms with Crippen LogP contribution in [0.1, 0.15) is 15.9 Å². The second-order valence-electron chi connectivity index (χ2n) is 7.14. The number of aromatic nitrogens is 2. The molecule has 4 rings (SSSR count). The summed E-state index contributed by atoms with van der Waals surface area (Å²) in [6.45, 7) is -0.0602. The van der Waals surface area contributed by atoms with E-state index >= 15 is 0 Å². The topological polar surface area (TPSA) is 78.3 Å². The van der Waals surface area contributed by atoms with E-state index in [1.807, 2.05) is 60.7 Å². The highest BCUT2D eigenvalue weighted by Gasteiger charge is 2.19. The van der Waals surface area contributed by atoms with Gasteiger partial charge >= 0.3 is 5.97 Å². The summed E-state index contributed by atoms with van der Waals surface area (Å²) in [5.74, 6) is -0.716. The van der Waals surface area contributed by atoms with Crippen LogP contribution in [0, 0.1) is 0 Å². The lowest BCUT2D eigenvalue weighted by molar-refractivity contribution is 0.0473. The average molecular weight is 467 g/mol. The van der Waals surface area contributed by atoms with E-state index in [0.717, 1.165) is 17.5 Å². The van der Waals surface area contributed by atoms with Gasteiger partial charge in [0.25, 0.3) is 0 Å². The average Bonchev–Trinajstić information content (AvgIpc) is 3.22. The van der Waals surface area contributed by atoms with Crippen LogP contribution in [-0.2, 0) is 21.2 Å². The maximum Gasteiger partial charge on any atom is 0.340 e. The van der Waals surface area contributed by atoms with Crippen molar-refractivity contribution in [3.8, 4) is 16.9 Å². The van der Waals surface area contributed by atoms with E-state index in [1.54, 1.807) is 10.9 Å². The summed E-state index contributed by atoms with van der Waals surface area (Å²) in [7, 11) is -3.49. The largest absolute Gasteiger partial charge is 0.457 e. The molecular weight excluding hydrogens is 448 g/mol. The molecule has 162 valence electrons. The molecule has 0 saturated heterocycles. The van der Waals surface area contributed by atoms with Crippen molar-refractivity contribution in [3.63, 3.8) is 0 Å². The van der Waals surface area contributed by atoms with E-state index in [2.05, 4.69) is 5.10 Å². The number of carbonyl (C=O) groups excluding carboxylic acids is 1. The maximum atomic E-state index is 12.7. The molecular formula is C24H19ClN2O4S. The number of halogens is 1. The van der Waals surface area contributed by atoms with Crippen molar-refractivity contribution < 1.29 is 17.9 Å². The zero-order valence-corrected chi connectivity index (χ0v) is 18.7. The Bertz CT molecular complexity index is 1370. The second-order valence-corrected chi connectivity index (χ2v) is 9.56. The molecule has 6 nitrogen and oxygen atoms in total. The van der Waals surface area contributed by atoms with Gasteiger partial charge in [-0.2, -0.15) is 5.10 Å². The highest BCUT2D eigenvalue weighted by molar-refractivity contribution is 7.90. The molecule has 4 aromatic rings. The molecule has 0 atom stereocenters. The van der Waals surface area contributed by atoms with Crippen LogP contribution in [-0.4, -0.2) is 30.4 Å². The van der Waals surface area contributed by atoms with Crippen LogP contribution >= 0.6 is 11.6 Å². The number of esters is 1. The third-order valence-corrected chi connectivity index (χ3v) is 6.24. The fourth-order valence-corrected chi connectivity index (χ4v) is 4.02. The predicted molar refractivity (Wildman–Crippen MR) is 123 cm³/mol. The smallest absolute Gasteiger partial charge is 0.340 e. The van der Waals surface area contributed by atoms with Crippen molar-refractivity contribution in [1.82, 2.24) is 9.78 Å². The summed E-state index contributed by atoms with van der Waals surface area (Å²) in [4.78, 5) is 12.7. The minimum absolute atomic E-state index is 0.00396. The first-order chi connectivity index (χ1) is 15.3. The Labute approximate surface area is 191 Å². The van der Waals surface area contributed by atoms with Crippen molar-refractivity contribution in [1.29, 1.82) is 0 Å². The summed E-state index contributed by atoms with van der Waals surface area (Å²) >= 11 is 6.12. The molecule has 1 heterocycles.